The molecule has 0 atom stereocenters. The molecule has 0 bridgehead atoms. The van der Waals surface area contributed by atoms with Crippen LogP contribution in [-0.2, 0) is 6.54 Å². The van der Waals surface area contributed by atoms with Crippen LogP contribution < -0.4 is 16.9 Å². The maximum Gasteiger partial charge on any atom is 0.218 e. The van der Waals surface area contributed by atoms with Crippen molar-refractivity contribution >= 4 is 36.5 Å². The van der Waals surface area contributed by atoms with Crippen LogP contribution in [0.5, 0.6) is 0 Å². The summed E-state index contributed by atoms with van der Waals surface area (Å²) in [7, 11) is 0. The first-order valence-electron chi connectivity index (χ1n) is 3.79. The number of hydrogen-bond acceptors (Lipinski definition) is 3. The van der Waals surface area contributed by atoms with Crippen LogP contribution >= 0.6 is 24.8 Å². The lowest BCUT2D eigenvalue weighted by atomic mass is 10.2. The van der Waals surface area contributed by atoms with Crippen molar-refractivity contribution in [2.24, 2.45) is 16.5 Å². The van der Waals surface area contributed by atoms with Gasteiger partial charge in [0.2, 0.25) is 5.96 Å². The van der Waals surface area contributed by atoms with Gasteiger partial charge >= 0.3 is 0 Å². The molecule has 86 valence electrons. The number of hydrogen-bond donors (Lipinski definition) is 4. The molecule has 5 nitrogen and oxygen atoms in total. The lowest BCUT2D eigenvalue weighted by Crippen LogP contribution is -2.27. The minimum absolute atomic E-state index is 0. The summed E-state index contributed by atoms with van der Waals surface area (Å²) in [4.78, 5) is 3.86. The van der Waals surface area contributed by atoms with E-state index in [1.165, 1.54) is 0 Å². The van der Waals surface area contributed by atoms with Gasteiger partial charge < -0.3 is 11.5 Å². The largest absolute Gasteiger partial charge is 0.368 e. The molecular formula is C8H14Cl2N4O. The smallest absolute Gasteiger partial charge is 0.218 e. The van der Waals surface area contributed by atoms with Gasteiger partial charge in [0, 0.05) is 6.54 Å². The molecule has 1 rings (SSSR count). The second-order valence-electron chi connectivity index (χ2n) is 2.48. The number of aliphatic imine (C=N–C) groups is 1. The monoisotopic (exact) mass is 252 g/mol. The van der Waals surface area contributed by atoms with Crippen molar-refractivity contribution in [1.82, 2.24) is 5.48 Å². The van der Waals surface area contributed by atoms with Crippen LogP contribution in [0.25, 0.3) is 0 Å². The standard InChI is InChI=1S/C8H12N4O.2ClH/c9-5-6-2-1-3-7(4-6)11-8(10)12-13;;/h1-4,13H,5,9H2,(H3,10,11,12);2*1H. The zero-order chi connectivity index (χ0) is 9.68. The van der Waals surface area contributed by atoms with Crippen molar-refractivity contribution in [2.45, 2.75) is 6.54 Å². The molecule has 0 unspecified atom stereocenters. The molecule has 0 spiro atoms. The highest BCUT2D eigenvalue weighted by molar-refractivity contribution is 5.85. The maximum atomic E-state index is 8.39. The molecule has 0 aromatic heterocycles. The van der Waals surface area contributed by atoms with Crippen molar-refractivity contribution in [1.29, 1.82) is 0 Å². The third kappa shape index (κ3) is 5.44. The minimum atomic E-state index is -0.0471. The summed E-state index contributed by atoms with van der Waals surface area (Å²) in [5, 5.41) is 8.39. The number of guanidine groups is 1. The Morgan fingerprint density at radius 3 is 2.60 bits per heavy atom. The molecule has 0 aliphatic heterocycles. The molecule has 0 aliphatic rings. The molecule has 1 aromatic rings. The number of nitrogens with one attached hydrogen (secondary N) is 1. The van der Waals surface area contributed by atoms with E-state index in [0.717, 1.165) is 5.56 Å². The molecule has 0 saturated heterocycles. The van der Waals surface area contributed by atoms with E-state index in [1.54, 1.807) is 17.6 Å². The van der Waals surface area contributed by atoms with Gasteiger partial charge in [0.05, 0.1) is 5.69 Å². The summed E-state index contributed by atoms with van der Waals surface area (Å²) >= 11 is 0. The van der Waals surface area contributed by atoms with Crippen molar-refractivity contribution < 1.29 is 5.21 Å². The molecule has 1 aromatic carbocycles. The zero-order valence-corrected chi connectivity index (χ0v) is 9.52. The Balaban J connectivity index is 0. The first-order valence-corrected chi connectivity index (χ1v) is 3.79. The van der Waals surface area contributed by atoms with E-state index in [9.17, 15) is 0 Å². The molecule has 0 radical (unpaired) electrons. The number of halogens is 2. The van der Waals surface area contributed by atoms with Gasteiger partial charge in [0.1, 0.15) is 0 Å². The van der Waals surface area contributed by atoms with Gasteiger partial charge in [-0.1, -0.05) is 12.1 Å². The number of benzene rings is 1. The van der Waals surface area contributed by atoms with Crippen LogP contribution in [0, 0.1) is 0 Å². The van der Waals surface area contributed by atoms with Gasteiger partial charge in [0.25, 0.3) is 0 Å². The summed E-state index contributed by atoms with van der Waals surface area (Å²) in [5.74, 6) is -0.0471. The van der Waals surface area contributed by atoms with Crippen molar-refractivity contribution in [3.05, 3.63) is 29.8 Å². The van der Waals surface area contributed by atoms with E-state index in [1.807, 2.05) is 12.1 Å². The summed E-state index contributed by atoms with van der Waals surface area (Å²) in [6.45, 7) is 0.454. The van der Waals surface area contributed by atoms with Crippen LogP contribution in [0.4, 0.5) is 5.69 Å². The molecule has 15 heavy (non-hydrogen) atoms. The fourth-order valence-corrected chi connectivity index (χ4v) is 0.917. The molecule has 0 fully saturated rings. The number of rotatable bonds is 2. The lowest BCUT2D eigenvalue weighted by molar-refractivity contribution is 0.233. The minimum Gasteiger partial charge on any atom is -0.368 e. The molecular weight excluding hydrogens is 239 g/mol. The molecule has 0 saturated carbocycles. The topological polar surface area (TPSA) is 96.7 Å². The van der Waals surface area contributed by atoms with Crippen LogP contribution in [0.3, 0.4) is 0 Å². The number of nitrogens with two attached hydrogens (primary N) is 2. The van der Waals surface area contributed by atoms with E-state index in [0.29, 0.717) is 12.2 Å². The SMILES string of the molecule is Cl.Cl.NCc1cccc(N=C(N)NO)c1. The van der Waals surface area contributed by atoms with Crippen LogP contribution in [-0.4, -0.2) is 11.2 Å². The Bertz CT molecular complexity index is 319. The average molecular weight is 253 g/mol. The Morgan fingerprint density at radius 2 is 2.07 bits per heavy atom. The average Bonchev–Trinajstić information content (AvgIpc) is 2.18. The van der Waals surface area contributed by atoms with E-state index < -0.39 is 0 Å². The van der Waals surface area contributed by atoms with Crippen LogP contribution in [0.1, 0.15) is 5.56 Å². The van der Waals surface area contributed by atoms with Crippen LogP contribution in [0.15, 0.2) is 29.3 Å². The van der Waals surface area contributed by atoms with Gasteiger partial charge in [-0.3, -0.25) is 5.21 Å². The predicted octanol–water partition coefficient (Wildman–Crippen LogP) is 0.914. The first-order chi connectivity index (χ1) is 6.26. The molecule has 0 amide bonds. The Hall–Kier alpha value is -1.01. The Morgan fingerprint density at radius 1 is 1.40 bits per heavy atom. The zero-order valence-electron chi connectivity index (χ0n) is 7.88. The second kappa shape index (κ2) is 8.31. The van der Waals surface area contributed by atoms with Gasteiger partial charge in [-0.15, -0.1) is 24.8 Å². The van der Waals surface area contributed by atoms with Gasteiger partial charge in [0.15, 0.2) is 0 Å². The lowest BCUT2D eigenvalue weighted by Gasteiger charge is -1.99. The summed E-state index contributed by atoms with van der Waals surface area (Å²) in [6, 6.07) is 7.28. The van der Waals surface area contributed by atoms with Crippen molar-refractivity contribution in [2.75, 3.05) is 0 Å². The van der Waals surface area contributed by atoms with E-state index in [2.05, 4.69) is 4.99 Å². The second-order valence-corrected chi connectivity index (χ2v) is 2.48. The van der Waals surface area contributed by atoms with Gasteiger partial charge in [-0.2, -0.15) is 0 Å². The Labute approximate surface area is 100 Å². The molecule has 6 N–H and O–H groups in total. The van der Waals surface area contributed by atoms with E-state index in [4.69, 9.17) is 16.7 Å². The fraction of sp³-hybridized carbons (Fsp3) is 0.125. The highest BCUT2D eigenvalue weighted by atomic mass is 35.5. The third-order valence-corrected chi connectivity index (χ3v) is 1.51. The van der Waals surface area contributed by atoms with Gasteiger partial charge in [-0.25, -0.2) is 10.5 Å². The van der Waals surface area contributed by atoms with Crippen molar-refractivity contribution in [3.63, 3.8) is 0 Å². The fourth-order valence-electron chi connectivity index (χ4n) is 0.917. The number of hydroxylamine groups is 1. The summed E-state index contributed by atoms with van der Waals surface area (Å²) in [6.07, 6.45) is 0. The summed E-state index contributed by atoms with van der Waals surface area (Å²) < 4.78 is 0. The first kappa shape index (κ1) is 16.4. The Kier molecular flexibility index (Phi) is 9.10. The molecule has 7 heteroatoms. The predicted molar refractivity (Wildman–Crippen MR) is 65.0 cm³/mol. The van der Waals surface area contributed by atoms with E-state index in [-0.39, 0.29) is 30.8 Å². The maximum absolute atomic E-state index is 8.39. The molecule has 0 aliphatic carbocycles. The van der Waals surface area contributed by atoms with Crippen molar-refractivity contribution in [3.8, 4) is 0 Å². The highest BCUT2D eigenvalue weighted by Gasteiger charge is 1.93. The quantitative estimate of drug-likeness (QED) is 0.358. The normalized spacial score (nSPS) is 9.87. The van der Waals surface area contributed by atoms with Crippen LogP contribution in [0.2, 0.25) is 0 Å². The molecule has 0 heterocycles. The number of nitrogens with zero attached hydrogens (tertiary/aromatic N) is 1. The highest BCUT2D eigenvalue weighted by Crippen LogP contribution is 2.12. The van der Waals surface area contributed by atoms with E-state index >= 15 is 0 Å². The third-order valence-electron chi connectivity index (χ3n) is 1.51. The van der Waals surface area contributed by atoms with Gasteiger partial charge in [-0.05, 0) is 17.7 Å². The summed E-state index contributed by atoms with van der Waals surface area (Å²) in [5.41, 5.74) is 14.1.